The first-order chi connectivity index (χ1) is 15.9. The Morgan fingerprint density at radius 3 is 2.62 bits per heavy atom. The number of amides is 1. The zero-order chi connectivity index (χ0) is 24.7. The molecule has 0 saturated heterocycles. The molecule has 0 aromatic carbocycles. The topological polar surface area (TPSA) is 81.9 Å². The number of carbonyl (C=O) groups is 1. The highest BCUT2D eigenvalue weighted by atomic mass is 19.4. The maximum absolute atomic E-state index is 13.1. The highest BCUT2D eigenvalue weighted by Gasteiger charge is 2.34. The molecule has 1 aliphatic heterocycles. The van der Waals surface area contributed by atoms with Crippen LogP contribution >= 0.6 is 0 Å². The van der Waals surface area contributed by atoms with E-state index in [2.05, 4.69) is 25.1 Å². The average Bonchev–Trinajstić information content (AvgIpc) is 3.17. The van der Waals surface area contributed by atoms with E-state index >= 15 is 0 Å². The third kappa shape index (κ3) is 5.13. The Kier molecular flexibility index (Phi) is 5.96. The van der Waals surface area contributed by atoms with Crippen LogP contribution in [0.2, 0.25) is 0 Å². The number of nitrogens with zero attached hydrogens (tertiary/aromatic N) is 4. The minimum Gasteiger partial charge on any atom is -0.388 e. The van der Waals surface area contributed by atoms with E-state index in [1.54, 1.807) is 17.7 Å². The molecule has 1 aliphatic rings. The van der Waals surface area contributed by atoms with Crippen molar-refractivity contribution in [1.29, 1.82) is 0 Å². The molecule has 0 unspecified atom stereocenters. The number of nitrogens with one attached hydrogen (secondary N) is 1. The maximum atomic E-state index is 13.1. The Hall–Kier alpha value is -3.64. The lowest BCUT2D eigenvalue weighted by molar-refractivity contribution is -0.276. The molecule has 0 radical (unpaired) electrons. The summed E-state index contributed by atoms with van der Waals surface area (Å²) >= 11 is 0. The van der Waals surface area contributed by atoms with Crippen LogP contribution in [0.1, 0.15) is 46.2 Å². The fourth-order valence-corrected chi connectivity index (χ4v) is 3.68. The molecule has 0 bridgehead atoms. The minimum absolute atomic E-state index is 0.0918. The molecule has 0 aliphatic carbocycles. The Balaban J connectivity index is 1.59. The first kappa shape index (κ1) is 23.5. The largest absolute Gasteiger partial charge is 0.574 e. The second-order valence-corrected chi connectivity index (χ2v) is 7.66. The predicted octanol–water partition coefficient (Wildman–Crippen LogP) is 4.83. The highest BCUT2D eigenvalue weighted by molar-refractivity contribution is 5.94. The molecule has 4 heterocycles. The van der Waals surface area contributed by atoms with Crippen LogP contribution in [-0.4, -0.2) is 32.0 Å². The first-order valence-corrected chi connectivity index (χ1v) is 10.1. The van der Waals surface area contributed by atoms with Gasteiger partial charge in [0, 0.05) is 36.1 Å². The zero-order valence-corrected chi connectivity index (χ0v) is 17.5. The number of ether oxygens (including phenoxy) is 1. The van der Waals surface area contributed by atoms with Crippen molar-refractivity contribution in [2.45, 2.75) is 44.9 Å². The number of aromatic nitrogens is 4. The molecule has 4 rings (SSSR count). The van der Waals surface area contributed by atoms with Gasteiger partial charge in [0.05, 0.1) is 17.4 Å². The predicted molar refractivity (Wildman–Crippen MR) is 106 cm³/mol. The summed E-state index contributed by atoms with van der Waals surface area (Å²) in [4.78, 5) is 19.6. The van der Waals surface area contributed by atoms with Gasteiger partial charge < -0.3 is 10.1 Å². The number of fused-ring (bicyclic) bond motifs is 1. The lowest BCUT2D eigenvalue weighted by atomic mass is 10.0. The molecule has 3 aromatic heterocycles. The van der Waals surface area contributed by atoms with Gasteiger partial charge in [-0.3, -0.25) is 14.5 Å². The molecule has 13 heteroatoms. The summed E-state index contributed by atoms with van der Waals surface area (Å²) < 4.78 is 82.0. The number of hydrogen-bond acceptors (Lipinski definition) is 5. The highest BCUT2D eigenvalue weighted by Crippen LogP contribution is 2.34. The summed E-state index contributed by atoms with van der Waals surface area (Å²) in [6, 6.07) is 4.08. The molecule has 3 aromatic rings. The van der Waals surface area contributed by atoms with Gasteiger partial charge in [0.15, 0.2) is 0 Å². The van der Waals surface area contributed by atoms with E-state index in [0.717, 1.165) is 24.5 Å². The fourth-order valence-electron chi connectivity index (χ4n) is 3.68. The molecule has 0 spiro atoms. The summed E-state index contributed by atoms with van der Waals surface area (Å²) in [7, 11) is 0. The number of halogens is 6. The fraction of sp³-hybridized carbons (Fsp3) is 0.333. The Labute approximate surface area is 188 Å². The van der Waals surface area contributed by atoms with Gasteiger partial charge in [-0.25, -0.2) is 4.98 Å². The lowest BCUT2D eigenvalue weighted by Gasteiger charge is -2.24. The van der Waals surface area contributed by atoms with E-state index in [9.17, 15) is 31.1 Å². The van der Waals surface area contributed by atoms with Gasteiger partial charge in [-0.05, 0) is 43.5 Å². The molecule has 0 saturated carbocycles. The van der Waals surface area contributed by atoms with Gasteiger partial charge in [0.1, 0.15) is 5.69 Å². The third-order valence-electron chi connectivity index (χ3n) is 5.22. The second kappa shape index (κ2) is 8.61. The minimum atomic E-state index is -4.95. The van der Waals surface area contributed by atoms with Crippen LogP contribution in [0.5, 0.6) is 5.88 Å². The third-order valence-corrected chi connectivity index (χ3v) is 5.22. The quantitative estimate of drug-likeness (QED) is 0.536. The van der Waals surface area contributed by atoms with Crippen molar-refractivity contribution in [3.05, 3.63) is 59.2 Å². The summed E-state index contributed by atoms with van der Waals surface area (Å²) in [5.41, 5.74) is 0.492. The molecule has 0 fully saturated rings. The summed E-state index contributed by atoms with van der Waals surface area (Å²) in [6.07, 6.45) is -6.29. The Morgan fingerprint density at radius 1 is 1.15 bits per heavy atom. The molecule has 1 atom stereocenters. The normalized spacial score (nSPS) is 16.1. The Morgan fingerprint density at radius 2 is 1.91 bits per heavy atom. The second-order valence-electron chi connectivity index (χ2n) is 7.66. The van der Waals surface area contributed by atoms with Crippen molar-refractivity contribution < 1.29 is 35.9 Å². The molecule has 1 N–H and O–H groups in total. The number of rotatable bonds is 4. The number of aryl methyl sites for hydroxylation is 2. The van der Waals surface area contributed by atoms with E-state index in [-0.39, 0.29) is 11.1 Å². The number of pyridine rings is 2. The zero-order valence-electron chi connectivity index (χ0n) is 17.5. The summed E-state index contributed by atoms with van der Waals surface area (Å²) in [6.45, 7) is 2.11. The summed E-state index contributed by atoms with van der Waals surface area (Å²) in [5.74, 6) is -1.43. The smallest absolute Gasteiger partial charge is 0.388 e. The molecule has 34 heavy (non-hydrogen) atoms. The van der Waals surface area contributed by atoms with Crippen LogP contribution in [-0.2, 0) is 12.7 Å². The van der Waals surface area contributed by atoms with Crippen LogP contribution in [0.25, 0.3) is 11.3 Å². The van der Waals surface area contributed by atoms with Crippen molar-refractivity contribution in [2.75, 3.05) is 0 Å². The van der Waals surface area contributed by atoms with Crippen LogP contribution in [0.3, 0.4) is 0 Å². The van der Waals surface area contributed by atoms with Crippen LogP contribution in [0.4, 0.5) is 26.3 Å². The van der Waals surface area contributed by atoms with Gasteiger partial charge in [-0.15, -0.1) is 13.2 Å². The molecular formula is C21H17F6N5O2. The summed E-state index contributed by atoms with van der Waals surface area (Å²) in [5, 5.41) is 7.14. The monoisotopic (exact) mass is 485 g/mol. The number of alkyl halides is 6. The van der Waals surface area contributed by atoms with Crippen molar-refractivity contribution in [3.63, 3.8) is 0 Å². The van der Waals surface area contributed by atoms with Gasteiger partial charge in [0.25, 0.3) is 5.91 Å². The maximum Gasteiger partial charge on any atom is 0.574 e. The van der Waals surface area contributed by atoms with Crippen molar-refractivity contribution in [3.8, 4) is 17.1 Å². The van der Waals surface area contributed by atoms with Gasteiger partial charge in [-0.1, -0.05) is 0 Å². The average molecular weight is 485 g/mol. The van der Waals surface area contributed by atoms with Crippen molar-refractivity contribution in [2.24, 2.45) is 0 Å². The van der Waals surface area contributed by atoms with E-state index < -0.39 is 36.1 Å². The van der Waals surface area contributed by atoms with E-state index in [4.69, 9.17) is 0 Å². The molecule has 1 amide bonds. The SMILES string of the molecule is Cc1cnc(C(F)(F)F)cc1-c1cc2n(n1)CCC[C@H]2NC(=O)c1ccnc(OC(F)(F)F)c1. The van der Waals surface area contributed by atoms with E-state index in [1.165, 1.54) is 6.07 Å². The van der Waals surface area contributed by atoms with Gasteiger partial charge >= 0.3 is 12.5 Å². The first-order valence-electron chi connectivity index (χ1n) is 10.1. The van der Waals surface area contributed by atoms with Crippen LogP contribution < -0.4 is 10.1 Å². The number of carbonyl (C=O) groups excluding carboxylic acids is 1. The van der Waals surface area contributed by atoms with Gasteiger partial charge in [-0.2, -0.15) is 18.3 Å². The standard InChI is InChI=1S/C21H17F6N5O2/c1-11-10-29-17(20(22,23)24)8-13(11)15-9-16-14(3-2-6-32(16)31-15)30-19(33)12-4-5-28-18(7-12)34-21(25,26)27/h4-5,7-10,14H,2-3,6H2,1H3,(H,30,33)/t14-/m1/s1. The molecule has 7 nitrogen and oxygen atoms in total. The van der Waals surface area contributed by atoms with Crippen molar-refractivity contribution >= 4 is 5.91 Å². The lowest BCUT2D eigenvalue weighted by Crippen LogP contribution is -2.32. The van der Waals surface area contributed by atoms with Gasteiger partial charge in [0.2, 0.25) is 5.88 Å². The molecular weight excluding hydrogens is 468 g/mol. The Bertz CT molecular complexity index is 1220. The van der Waals surface area contributed by atoms with Crippen LogP contribution in [0.15, 0.2) is 36.7 Å². The molecule has 180 valence electrons. The van der Waals surface area contributed by atoms with Crippen LogP contribution in [0, 0.1) is 6.92 Å². The number of hydrogen-bond donors (Lipinski definition) is 1. The van der Waals surface area contributed by atoms with E-state index in [0.29, 0.717) is 36.3 Å². The van der Waals surface area contributed by atoms with E-state index in [1.807, 2.05) is 0 Å². The van der Waals surface area contributed by atoms with Crippen molar-refractivity contribution in [1.82, 2.24) is 25.1 Å².